The summed E-state index contributed by atoms with van der Waals surface area (Å²) < 4.78 is 0.531. The van der Waals surface area contributed by atoms with Crippen LogP contribution in [0.4, 0.5) is 5.69 Å². The molecule has 0 radical (unpaired) electrons. The molecule has 2 aromatic heterocycles. The summed E-state index contributed by atoms with van der Waals surface area (Å²) in [5, 5.41) is 11.6. The van der Waals surface area contributed by atoms with Gasteiger partial charge in [0.1, 0.15) is 10.3 Å². The monoisotopic (exact) mass is 323 g/mol. The molecular weight excluding hydrogens is 314 g/mol. The first-order valence-electron chi connectivity index (χ1n) is 5.33. The number of amides is 1. The maximum Gasteiger partial charge on any atom is 0.354 e. The summed E-state index contributed by atoms with van der Waals surface area (Å²) in [4.78, 5) is 29.6. The zero-order chi connectivity index (χ0) is 14.0. The Morgan fingerprint density at radius 3 is 2.79 bits per heavy atom. The number of carboxylic acid groups (broad SMARTS) is 1. The highest BCUT2D eigenvalue weighted by Gasteiger charge is 2.16. The number of anilines is 1. The van der Waals surface area contributed by atoms with E-state index in [0.29, 0.717) is 15.9 Å². The molecule has 0 aliphatic heterocycles. The Hall–Kier alpha value is -2.15. The summed E-state index contributed by atoms with van der Waals surface area (Å²) in [5.74, 6) is -1.52. The third kappa shape index (κ3) is 3.00. The minimum absolute atomic E-state index is 0.0426. The summed E-state index contributed by atoms with van der Waals surface area (Å²) in [6.07, 6.45) is 1.49. The molecule has 19 heavy (non-hydrogen) atoms. The quantitative estimate of drug-likeness (QED) is 0.756. The van der Waals surface area contributed by atoms with Crippen molar-refractivity contribution < 1.29 is 14.7 Å². The van der Waals surface area contributed by atoms with Crippen LogP contribution in [0.25, 0.3) is 0 Å². The van der Waals surface area contributed by atoms with Crippen LogP contribution in [0.3, 0.4) is 0 Å². The number of rotatable bonds is 3. The zero-order valence-electron chi connectivity index (χ0n) is 9.90. The lowest BCUT2D eigenvalue weighted by Gasteiger charge is -2.04. The maximum absolute atomic E-state index is 12.0. The second-order valence-corrected chi connectivity index (χ2v) is 4.68. The average Bonchev–Trinajstić information content (AvgIpc) is 2.70. The highest BCUT2D eigenvalue weighted by molar-refractivity contribution is 9.10. The minimum atomic E-state index is -1.13. The molecule has 2 aromatic rings. The Kier molecular flexibility index (Phi) is 3.66. The minimum Gasteiger partial charge on any atom is -0.477 e. The first-order chi connectivity index (χ1) is 8.97. The van der Waals surface area contributed by atoms with E-state index in [0.717, 1.165) is 0 Å². The number of halogens is 1. The van der Waals surface area contributed by atoms with Crippen LogP contribution in [0, 0.1) is 6.92 Å². The number of carboxylic acids is 1. The van der Waals surface area contributed by atoms with Crippen molar-refractivity contribution in [2.45, 2.75) is 6.92 Å². The molecule has 98 valence electrons. The number of hydrogen-bond acceptors (Lipinski definition) is 3. The number of carbonyl (C=O) groups excluding carboxylic acids is 1. The van der Waals surface area contributed by atoms with Crippen LogP contribution in [0.5, 0.6) is 0 Å². The molecule has 0 saturated carbocycles. The Labute approximate surface area is 117 Å². The number of aromatic amines is 1. The number of H-pyrrole nitrogens is 1. The molecule has 6 nitrogen and oxygen atoms in total. The van der Waals surface area contributed by atoms with Gasteiger partial charge in [0.15, 0.2) is 0 Å². The molecule has 0 bridgehead atoms. The molecular formula is C12H10BrN3O3. The Morgan fingerprint density at radius 1 is 1.42 bits per heavy atom. The number of hydrogen-bond donors (Lipinski definition) is 3. The van der Waals surface area contributed by atoms with Gasteiger partial charge in [-0.3, -0.25) is 4.79 Å². The molecule has 0 saturated heterocycles. The van der Waals surface area contributed by atoms with Gasteiger partial charge in [0, 0.05) is 17.5 Å². The second kappa shape index (κ2) is 5.23. The lowest BCUT2D eigenvalue weighted by atomic mass is 10.2. The number of aromatic nitrogens is 2. The van der Waals surface area contributed by atoms with Gasteiger partial charge in [-0.15, -0.1) is 0 Å². The Bertz CT molecular complexity index is 651. The fourth-order valence-electron chi connectivity index (χ4n) is 1.59. The molecule has 2 heterocycles. The van der Waals surface area contributed by atoms with Crippen molar-refractivity contribution >= 4 is 33.5 Å². The predicted octanol–water partition coefficient (Wildman–Crippen LogP) is 2.43. The van der Waals surface area contributed by atoms with Crippen LogP contribution >= 0.6 is 15.9 Å². The molecule has 0 spiro atoms. The zero-order valence-corrected chi connectivity index (χ0v) is 11.5. The van der Waals surface area contributed by atoms with E-state index in [1.807, 2.05) is 0 Å². The Balaban J connectivity index is 2.26. The number of aromatic carboxylic acids is 1. The fourth-order valence-corrected chi connectivity index (χ4v) is 1.96. The van der Waals surface area contributed by atoms with Crippen LogP contribution in [-0.2, 0) is 0 Å². The molecule has 0 fully saturated rings. The van der Waals surface area contributed by atoms with Gasteiger partial charge in [0.25, 0.3) is 5.91 Å². The van der Waals surface area contributed by atoms with Crippen molar-refractivity contribution in [2.75, 3.05) is 5.32 Å². The van der Waals surface area contributed by atoms with Crippen LogP contribution in [0.1, 0.15) is 26.5 Å². The molecule has 0 atom stereocenters. The number of nitrogens with zero attached hydrogens (tertiary/aromatic N) is 1. The highest BCUT2D eigenvalue weighted by Crippen LogP contribution is 2.18. The van der Waals surface area contributed by atoms with E-state index in [1.165, 1.54) is 6.20 Å². The van der Waals surface area contributed by atoms with E-state index in [-0.39, 0.29) is 11.4 Å². The van der Waals surface area contributed by atoms with Crippen molar-refractivity contribution in [2.24, 2.45) is 0 Å². The second-order valence-electron chi connectivity index (χ2n) is 3.87. The molecule has 7 heteroatoms. The van der Waals surface area contributed by atoms with E-state index in [4.69, 9.17) is 5.11 Å². The van der Waals surface area contributed by atoms with Crippen molar-refractivity contribution in [3.8, 4) is 0 Å². The number of aryl methyl sites for hydroxylation is 1. The third-order valence-electron chi connectivity index (χ3n) is 2.40. The summed E-state index contributed by atoms with van der Waals surface area (Å²) in [6, 6.07) is 4.66. The summed E-state index contributed by atoms with van der Waals surface area (Å²) >= 11 is 3.17. The molecule has 0 unspecified atom stereocenters. The van der Waals surface area contributed by atoms with Crippen molar-refractivity contribution in [3.63, 3.8) is 0 Å². The van der Waals surface area contributed by atoms with Gasteiger partial charge in [-0.2, -0.15) is 0 Å². The topological polar surface area (TPSA) is 95.1 Å². The SMILES string of the molecule is Cc1cc(NC(=O)c2ccnc(Br)c2)c(C(=O)O)[nH]1. The molecule has 2 rings (SSSR count). The van der Waals surface area contributed by atoms with E-state index in [9.17, 15) is 9.59 Å². The smallest absolute Gasteiger partial charge is 0.354 e. The first kappa shape index (κ1) is 13.3. The van der Waals surface area contributed by atoms with Crippen molar-refractivity contribution in [1.82, 2.24) is 9.97 Å². The standard InChI is InChI=1S/C12H10BrN3O3/c1-6-4-8(10(15-6)12(18)19)16-11(17)7-2-3-14-9(13)5-7/h2-5,15H,1H3,(H,16,17)(H,18,19). The van der Waals surface area contributed by atoms with Gasteiger partial charge in [0.05, 0.1) is 5.69 Å². The lowest BCUT2D eigenvalue weighted by molar-refractivity contribution is 0.0692. The van der Waals surface area contributed by atoms with E-state index in [1.54, 1.807) is 25.1 Å². The van der Waals surface area contributed by atoms with Gasteiger partial charge >= 0.3 is 5.97 Å². The maximum atomic E-state index is 12.0. The fraction of sp³-hybridized carbons (Fsp3) is 0.0833. The summed E-state index contributed by atoms with van der Waals surface area (Å²) in [5.41, 5.74) is 1.24. The largest absolute Gasteiger partial charge is 0.477 e. The van der Waals surface area contributed by atoms with E-state index >= 15 is 0 Å². The van der Waals surface area contributed by atoms with Gasteiger partial charge in [-0.1, -0.05) is 0 Å². The van der Waals surface area contributed by atoms with Crippen molar-refractivity contribution in [1.29, 1.82) is 0 Å². The molecule has 0 aromatic carbocycles. The van der Waals surface area contributed by atoms with Gasteiger partial charge < -0.3 is 15.4 Å². The summed E-state index contributed by atoms with van der Waals surface area (Å²) in [7, 11) is 0. The van der Waals surface area contributed by atoms with Crippen LogP contribution in [0.2, 0.25) is 0 Å². The van der Waals surface area contributed by atoms with Gasteiger partial charge in [-0.25, -0.2) is 9.78 Å². The number of carbonyl (C=O) groups is 2. The normalized spacial score (nSPS) is 10.2. The van der Waals surface area contributed by atoms with Crippen LogP contribution in [-0.4, -0.2) is 27.0 Å². The third-order valence-corrected chi connectivity index (χ3v) is 2.84. The van der Waals surface area contributed by atoms with Crippen molar-refractivity contribution in [3.05, 3.63) is 46.0 Å². The Morgan fingerprint density at radius 2 is 2.16 bits per heavy atom. The summed E-state index contributed by atoms with van der Waals surface area (Å²) in [6.45, 7) is 1.71. The van der Waals surface area contributed by atoms with Crippen LogP contribution < -0.4 is 5.32 Å². The molecule has 0 aliphatic carbocycles. The molecule has 1 amide bonds. The molecule has 0 aliphatic rings. The van der Waals surface area contributed by atoms with E-state index in [2.05, 4.69) is 31.2 Å². The highest BCUT2D eigenvalue weighted by atomic mass is 79.9. The lowest BCUT2D eigenvalue weighted by Crippen LogP contribution is -2.14. The average molecular weight is 324 g/mol. The number of pyridine rings is 1. The predicted molar refractivity (Wildman–Crippen MR) is 72.4 cm³/mol. The van der Waals surface area contributed by atoms with E-state index < -0.39 is 11.9 Å². The van der Waals surface area contributed by atoms with Crippen LogP contribution in [0.15, 0.2) is 29.0 Å². The van der Waals surface area contributed by atoms with Gasteiger partial charge in [0.2, 0.25) is 0 Å². The molecule has 3 N–H and O–H groups in total. The van der Waals surface area contributed by atoms with Gasteiger partial charge in [-0.05, 0) is 41.1 Å². The number of nitrogens with one attached hydrogen (secondary N) is 2. The first-order valence-corrected chi connectivity index (χ1v) is 6.12.